The van der Waals surface area contributed by atoms with Crippen LogP contribution in [0.4, 0.5) is 5.69 Å². The van der Waals surface area contributed by atoms with Gasteiger partial charge in [-0.2, -0.15) is 0 Å². The van der Waals surface area contributed by atoms with Crippen LogP contribution in [0.15, 0.2) is 30.4 Å². The molecule has 1 heterocycles. The molecular weight excluding hydrogens is 238 g/mol. The molecule has 0 saturated heterocycles. The van der Waals surface area contributed by atoms with Crippen molar-refractivity contribution in [2.75, 3.05) is 11.4 Å². The van der Waals surface area contributed by atoms with Crippen molar-refractivity contribution in [3.8, 4) is 0 Å². The van der Waals surface area contributed by atoms with E-state index in [9.17, 15) is 4.79 Å². The highest BCUT2D eigenvalue weighted by Gasteiger charge is 2.24. The first kappa shape index (κ1) is 12.3. The number of benzene rings is 1. The lowest BCUT2D eigenvalue weighted by atomic mass is 9.94. The largest absolute Gasteiger partial charge is 0.478 e. The van der Waals surface area contributed by atoms with Gasteiger partial charge in [0.1, 0.15) is 0 Å². The molecule has 3 rings (SSSR count). The summed E-state index contributed by atoms with van der Waals surface area (Å²) in [7, 11) is 0. The van der Waals surface area contributed by atoms with Gasteiger partial charge in [0, 0.05) is 18.3 Å². The monoisotopic (exact) mass is 257 g/mol. The summed E-state index contributed by atoms with van der Waals surface area (Å²) >= 11 is 0. The molecule has 0 bridgehead atoms. The standard InChI is InChI=1S/C16H19NO2/c18-16(19)13-8-9-15-12(11-13)5-4-10-17(15)14-6-2-1-3-7-14/h2,6,8-9,11,14H,1,3-5,7,10H2,(H,18,19). The van der Waals surface area contributed by atoms with Crippen molar-refractivity contribution >= 4 is 11.7 Å². The molecule has 0 aromatic heterocycles. The third-order valence-electron chi connectivity index (χ3n) is 4.11. The van der Waals surface area contributed by atoms with Crippen molar-refractivity contribution in [1.82, 2.24) is 0 Å². The maximum absolute atomic E-state index is 11.0. The number of fused-ring (bicyclic) bond motifs is 1. The second kappa shape index (κ2) is 5.08. The molecule has 1 unspecified atom stereocenters. The van der Waals surface area contributed by atoms with Crippen molar-refractivity contribution in [3.63, 3.8) is 0 Å². The van der Waals surface area contributed by atoms with E-state index in [2.05, 4.69) is 17.1 Å². The number of hydrogen-bond donors (Lipinski definition) is 1. The number of anilines is 1. The van der Waals surface area contributed by atoms with Crippen molar-refractivity contribution < 1.29 is 9.90 Å². The molecule has 2 aliphatic rings. The molecule has 0 radical (unpaired) electrons. The lowest BCUT2D eigenvalue weighted by molar-refractivity contribution is 0.0697. The van der Waals surface area contributed by atoms with Crippen LogP contribution in [0.5, 0.6) is 0 Å². The van der Waals surface area contributed by atoms with Gasteiger partial charge in [0.05, 0.1) is 5.56 Å². The summed E-state index contributed by atoms with van der Waals surface area (Å²) in [6, 6.07) is 6.05. The molecular formula is C16H19NO2. The molecule has 19 heavy (non-hydrogen) atoms. The van der Waals surface area contributed by atoms with Crippen molar-refractivity contribution in [1.29, 1.82) is 0 Å². The number of aromatic carboxylic acids is 1. The maximum Gasteiger partial charge on any atom is 0.335 e. The van der Waals surface area contributed by atoms with Gasteiger partial charge in [0.2, 0.25) is 0 Å². The summed E-state index contributed by atoms with van der Waals surface area (Å²) in [6.45, 7) is 1.08. The van der Waals surface area contributed by atoms with E-state index in [4.69, 9.17) is 5.11 Å². The van der Waals surface area contributed by atoms with E-state index in [1.807, 2.05) is 12.1 Å². The molecule has 1 aromatic rings. The number of rotatable bonds is 2. The Balaban J connectivity index is 1.93. The minimum absolute atomic E-state index is 0.403. The van der Waals surface area contributed by atoms with Gasteiger partial charge in [-0.1, -0.05) is 12.2 Å². The van der Waals surface area contributed by atoms with E-state index in [0.29, 0.717) is 11.6 Å². The van der Waals surface area contributed by atoms with Crippen LogP contribution < -0.4 is 4.90 Å². The van der Waals surface area contributed by atoms with Crippen LogP contribution in [0.3, 0.4) is 0 Å². The van der Waals surface area contributed by atoms with E-state index in [-0.39, 0.29) is 0 Å². The molecule has 1 atom stereocenters. The maximum atomic E-state index is 11.0. The molecule has 1 aromatic carbocycles. The predicted octanol–water partition coefficient (Wildman–Crippen LogP) is 3.25. The zero-order valence-electron chi connectivity index (χ0n) is 11.0. The van der Waals surface area contributed by atoms with E-state index < -0.39 is 5.97 Å². The SMILES string of the molecule is O=C(O)c1ccc2c(c1)CCCN2C1C=CCCC1. The second-order valence-corrected chi connectivity index (χ2v) is 5.37. The van der Waals surface area contributed by atoms with Gasteiger partial charge in [0.25, 0.3) is 0 Å². The summed E-state index contributed by atoms with van der Waals surface area (Å²) < 4.78 is 0. The molecule has 3 heteroatoms. The molecule has 3 nitrogen and oxygen atoms in total. The van der Waals surface area contributed by atoms with Gasteiger partial charge >= 0.3 is 5.97 Å². The molecule has 0 saturated carbocycles. The lowest BCUT2D eigenvalue weighted by Gasteiger charge is -2.38. The highest BCUT2D eigenvalue weighted by Crippen LogP contribution is 2.32. The molecule has 1 aliphatic carbocycles. The summed E-state index contributed by atoms with van der Waals surface area (Å²) in [5, 5.41) is 9.08. The predicted molar refractivity (Wildman–Crippen MR) is 75.8 cm³/mol. The normalized spacial score (nSPS) is 22.1. The smallest absolute Gasteiger partial charge is 0.335 e. The molecule has 0 spiro atoms. The number of nitrogens with zero attached hydrogens (tertiary/aromatic N) is 1. The lowest BCUT2D eigenvalue weighted by Crippen LogP contribution is -2.38. The Labute approximate surface area is 113 Å². The van der Waals surface area contributed by atoms with Gasteiger partial charge in [0.15, 0.2) is 0 Å². The van der Waals surface area contributed by atoms with Crippen LogP contribution in [-0.4, -0.2) is 23.7 Å². The number of carboxylic acid groups (broad SMARTS) is 1. The third kappa shape index (κ3) is 2.37. The fraction of sp³-hybridized carbons (Fsp3) is 0.438. The van der Waals surface area contributed by atoms with Crippen molar-refractivity contribution in [3.05, 3.63) is 41.5 Å². The Morgan fingerprint density at radius 2 is 2.21 bits per heavy atom. The molecule has 1 N–H and O–H groups in total. The Kier molecular flexibility index (Phi) is 3.28. The fourth-order valence-corrected chi connectivity index (χ4v) is 3.16. The Morgan fingerprint density at radius 3 is 2.95 bits per heavy atom. The molecule has 0 amide bonds. The van der Waals surface area contributed by atoms with Crippen LogP contribution in [0, 0.1) is 0 Å². The van der Waals surface area contributed by atoms with Crippen molar-refractivity contribution in [2.45, 2.75) is 38.1 Å². The Morgan fingerprint density at radius 1 is 1.32 bits per heavy atom. The van der Waals surface area contributed by atoms with E-state index in [0.717, 1.165) is 19.4 Å². The first-order valence-electron chi connectivity index (χ1n) is 7.05. The van der Waals surface area contributed by atoms with Crippen LogP contribution in [0.1, 0.15) is 41.6 Å². The van der Waals surface area contributed by atoms with Gasteiger partial charge in [-0.05, 0) is 55.9 Å². The van der Waals surface area contributed by atoms with E-state index in [1.54, 1.807) is 6.07 Å². The Hall–Kier alpha value is -1.77. The number of carboxylic acids is 1. The average molecular weight is 257 g/mol. The fourth-order valence-electron chi connectivity index (χ4n) is 3.16. The number of allylic oxidation sites excluding steroid dienone is 1. The molecule has 1 aliphatic heterocycles. The highest BCUT2D eigenvalue weighted by atomic mass is 16.4. The first-order chi connectivity index (χ1) is 9.25. The second-order valence-electron chi connectivity index (χ2n) is 5.37. The van der Waals surface area contributed by atoms with Gasteiger partial charge in [-0.3, -0.25) is 0 Å². The zero-order valence-corrected chi connectivity index (χ0v) is 11.0. The summed E-state index contributed by atoms with van der Waals surface area (Å²) in [4.78, 5) is 13.5. The number of aryl methyl sites for hydroxylation is 1. The van der Waals surface area contributed by atoms with E-state index >= 15 is 0 Å². The Bertz CT molecular complexity index is 521. The van der Waals surface area contributed by atoms with Crippen LogP contribution in [0.25, 0.3) is 0 Å². The summed E-state index contributed by atoms with van der Waals surface area (Å²) in [5.74, 6) is -0.836. The quantitative estimate of drug-likeness (QED) is 0.827. The highest BCUT2D eigenvalue weighted by molar-refractivity contribution is 5.88. The minimum Gasteiger partial charge on any atom is -0.478 e. The summed E-state index contributed by atoms with van der Waals surface area (Å²) in [5.41, 5.74) is 2.82. The number of carbonyl (C=O) groups is 1. The van der Waals surface area contributed by atoms with Crippen LogP contribution in [-0.2, 0) is 6.42 Å². The van der Waals surface area contributed by atoms with Gasteiger partial charge in [-0.15, -0.1) is 0 Å². The topological polar surface area (TPSA) is 40.5 Å². The van der Waals surface area contributed by atoms with E-state index in [1.165, 1.54) is 30.5 Å². The van der Waals surface area contributed by atoms with Gasteiger partial charge in [-0.25, -0.2) is 4.79 Å². The minimum atomic E-state index is -0.836. The van der Waals surface area contributed by atoms with Gasteiger partial charge < -0.3 is 10.0 Å². The zero-order chi connectivity index (χ0) is 13.2. The first-order valence-corrected chi connectivity index (χ1v) is 7.05. The third-order valence-corrected chi connectivity index (χ3v) is 4.11. The molecule has 0 fully saturated rings. The van der Waals surface area contributed by atoms with Crippen LogP contribution >= 0.6 is 0 Å². The number of hydrogen-bond acceptors (Lipinski definition) is 2. The molecule has 100 valence electrons. The van der Waals surface area contributed by atoms with Crippen LogP contribution in [0.2, 0.25) is 0 Å². The van der Waals surface area contributed by atoms with Crippen molar-refractivity contribution in [2.24, 2.45) is 0 Å². The summed E-state index contributed by atoms with van der Waals surface area (Å²) in [6.07, 6.45) is 10.3. The average Bonchev–Trinajstić information content (AvgIpc) is 2.47.